The maximum atomic E-state index is 13.4. The molecule has 1 amide bonds. The van der Waals surface area contributed by atoms with Crippen molar-refractivity contribution in [2.45, 2.75) is 31.7 Å². The molecule has 1 atom stereocenters. The summed E-state index contributed by atoms with van der Waals surface area (Å²) in [6.45, 7) is 2.49. The molecule has 1 saturated heterocycles. The molecule has 0 saturated carbocycles. The third-order valence-corrected chi connectivity index (χ3v) is 5.67. The number of ether oxygens (including phenoxy) is 1. The van der Waals surface area contributed by atoms with Crippen LogP contribution >= 0.6 is 0 Å². The van der Waals surface area contributed by atoms with Crippen LogP contribution in [0.25, 0.3) is 5.69 Å². The van der Waals surface area contributed by atoms with Gasteiger partial charge in [0.2, 0.25) is 0 Å². The molecule has 1 fully saturated rings. The van der Waals surface area contributed by atoms with E-state index in [9.17, 15) is 18.0 Å². The summed E-state index contributed by atoms with van der Waals surface area (Å²) in [5.74, 6) is -0.0978. The number of amides is 1. The number of carbonyl (C=O) groups excluding carboxylic acids is 1. The molecule has 1 unspecified atom stereocenters. The predicted octanol–water partition coefficient (Wildman–Crippen LogP) is 3.28. The number of hydrogen-bond acceptors (Lipinski definition) is 5. The Morgan fingerprint density at radius 2 is 2.00 bits per heavy atom. The molecule has 1 aliphatic rings. The molecule has 3 N–H and O–H groups in total. The van der Waals surface area contributed by atoms with E-state index >= 15 is 0 Å². The molecule has 1 aliphatic heterocycles. The summed E-state index contributed by atoms with van der Waals surface area (Å²) >= 11 is 0. The van der Waals surface area contributed by atoms with Gasteiger partial charge in [0.05, 0.1) is 12.8 Å². The number of methoxy groups -OCH3 is 1. The minimum atomic E-state index is -4.68. The topological polar surface area (TPSA) is 80.2 Å². The van der Waals surface area contributed by atoms with Gasteiger partial charge in [0, 0.05) is 37.3 Å². The van der Waals surface area contributed by atoms with Crippen molar-refractivity contribution in [3.8, 4) is 11.4 Å². The molecule has 3 aromatic rings. The fourth-order valence-electron chi connectivity index (χ4n) is 3.88. The number of nitrogens with one attached hydrogen (secondary N) is 3. The van der Waals surface area contributed by atoms with Gasteiger partial charge in [-0.15, -0.1) is 0 Å². The van der Waals surface area contributed by atoms with Crippen LogP contribution in [0.2, 0.25) is 0 Å². The number of para-hydroxylation sites is 1. The van der Waals surface area contributed by atoms with Crippen LogP contribution in [0.15, 0.2) is 54.6 Å². The molecule has 0 bridgehead atoms. The van der Waals surface area contributed by atoms with Crippen molar-refractivity contribution in [2.24, 2.45) is 0 Å². The summed E-state index contributed by atoms with van der Waals surface area (Å²) in [5.41, 5.74) is 0.633. The van der Waals surface area contributed by atoms with Gasteiger partial charge in [0.1, 0.15) is 11.4 Å². The lowest BCUT2D eigenvalue weighted by Gasteiger charge is -2.13. The minimum Gasteiger partial charge on any atom is -0.496 e. The smallest absolute Gasteiger partial charge is 0.435 e. The first-order chi connectivity index (χ1) is 16.3. The fourth-order valence-corrected chi connectivity index (χ4v) is 3.88. The van der Waals surface area contributed by atoms with Crippen LogP contribution in [-0.2, 0) is 19.3 Å². The number of aromatic nitrogens is 2. The van der Waals surface area contributed by atoms with E-state index < -0.39 is 17.8 Å². The van der Waals surface area contributed by atoms with Gasteiger partial charge < -0.3 is 20.7 Å². The Kier molecular flexibility index (Phi) is 7.18. The highest BCUT2D eigenvalue weighted by Gasteiger charge is 2.36. The van der Waals surface area contributed by atoms with Gasteiger partial charge in [0.25, 0.3) is 5.91 Å². The van der Waals surface area contributed by atoms with Crippen LogP contribution in [0.3, 0.4) is 0 Å². The molecule has 7 nitrogen and oxygen atoms in total. The van der Waals surface area contributed by atoms with Gasteiger partial charge >= 0.3 is 6.18 Å². The molecule has 2 heterocycles. The van der Waals surface area contributed by atoms with Crippen LogP contribution in [-0.4, -0.2) is 41.9 Å². The maximum absolute atomic E-state index is 13.4. The van der Waals surface area contributed by atoms with Gasteiger partial charge in [0.15, 0.2) is 5.69 Å². The molecule has 10 heteroatoms. The second kappa shape index (κ2) is 10.3. The molecule has 4 rings (SSSR count). The second-order valence-corrected chi connectivity index (χ2v) is 8.06. The highest BCUT2D eigenvalue weighted by atomic mass is 19.4. The molecule has 2 aromatic carbocycles. The average Bonchev–Trinajstić information content (AvgIpc) is 3.52. The molecule has 180 valence electrons. The second-order valence-electron chi connectivity index (χ2n) is 8.06. The Morgan fingerprint density at radius 3 is 2.74 bits per heavy atom. The third kappa shape index (κ3) is 5.57. The first-order valence-electron chi connectivity index (χ1n) is 11.0. The van der Waals surface area contributed by atoms with Crippen molar-refractivity contribution >= 4 is 5.91 Å². The van der Waals surface area contributed by atoms with E-state index in [-0.39, 0.29) is 12.2 Å². The highest BCUT2D eigenvalue weighted by molar-refractivity contribution is 5.93. The fraction of sp³-hybridized carbons (Fsp3) is 0.333. The quantitative estimate of drug-likeness (QED) is 0.468. The van der Waals surface area contributed by atoms with Crippen molar-refractivity contribution in [1.82, 2.24) is 25.7 Å². The number of alkyl halides is 3. The number of rotatable bonds is 8. The average molecular weight is 473 g/mol. The van der Waals surface area contributed by atoms with E-state index in [1.54, 1.807) is 42.5 Å². The zero-order valence-electron chi connectivity index (χ0n) is 18.7. The lowest BCUT2D eigenvalue weighted by atomic mass is 10.1. The van der Waals surface area contributed by atoms with E-state index in [4.69, 9.17) is 4.74 Å². The lowest BCUT2D eigenvalue weighted by molar-refractivity contribution is -0.141. The van der Waals surface area contributed by atoms with Gasteiger partial charge in [-0.05, 0) is 36.7 Å². The Morgan fingerprint density at radius 1 is 1.18 bits per heavy atom. The lowest BCUT2D eigenvalue weighted by Crippen LogP contribution is -2.30. The SMILES string of the molecule is COc1ccccc1CNC(=O)c1cc(C(F)(F)F)nn1-c1cccc(CNC2CCNC2)c1. The third-order valence-electron chi connectivity index (χ3n) is 5.67. The van der Waals surface area contributed by atoms with E-state index in [1.807, 2.05) is 6.07 Å². The zero-order chi connectivity index (χ0) is 24.1. The molecular formula is C24H26F3N5O2. The normalized spacial score (nSPS) is 15.9. The summed E-state index contributed by atoms with van der Waals surface area (Å²) in [5, 5.41) is 13.1. The van der Waals surface area contributed by atoms with Gasteiger partial charge in [-0.25, -0.2) is 4.68 Å². The van der Waals surface area contributed by atoms with Crippen LogP contribution in [0.5, 0.6) is 5.75 Å². The number of halogens is 3. The minimum absolute atomic E-state index is 0.0920. The van der Waals surface area contributed by atoms with Gasteiger partial charge in [-0.3, -0.25) is 4.79 Å². The summed E-state index contributed by atoms with van der Waals surface area (Å²) in [6.07, 6.45) is -3.66. The molecule has 0 aliphatic carbocycles. The largest absolute Gasteiger partial charge is 0.496 e. The van der Waals surface area contributed by atoms with Crippen molar-refractivity contribution < 1.29 is 22.7 Å². The van der Waals surface area contributed by atoms with Crippen molar-refractivity contribution in [3.05, 3.63) is 77.1 Å². The first-order valence-corrected chi connectivity index (χ1v) is 11.0. The summed E-state index contributed by atoms with van der Waals surface area (Å²) in [7, 11) is 1.51. The Bertz CT molecular complexity index is 1140. The number of hydrogen-bond donors (Lipinski definition) is 3. The number of benzene rings is 2. The Balaban J connectivity index is 1.58. The van der Waals surface area contributed by atoms with Crippen molar-refractivity contribution in [3.63, 3.8) is 0 Å². The van der Waals surface area contributed by atoms with Gasteiger partial charge in [-0.2, -0.15) is 18.3 Å². The van der Waals surface area contributed by atoms with Crippen LogP contribution in [0.4, 0.5) is 13.2 Å². The van der Waals surface area contributed by atoms with E-state index in [2.05, 4.69) is 21.0 Å². The van der Waals surface area contributed by atoms with E-state index in [0.717, 1.165) is 35.8 Å². The Labute approximate surface area is 195 Å². The zero-order valence-corrected chi connectivity index (χ0v) is 18.7. The van der Waals surface area contributed by atoms with Crippen molar-refractivity contribution in [2.75, 3.05) is 20.2 Å². The van der Waals surface area contributed by atoms with E-state index in [1.165, 1.54) is 7.11 Å². The molecular weight excluding hydrogens is 447 g/mol. The molecule has 1 aromatic heterocycles. The maximum Gasteiger partial charge on any atom is 0.435 e. The first kappa shape index (κ1) is 23.8. The van der Waals surface area contributed by atoms with Crippen molar-refractivity contribution in [1.29, 1.82) is 0 Å². The number of carbonyl (C=O) groups is 1. The molecule has 34 heavy (non-hydrogen) atoms. The van der Waals surface area contributed by atoms with Crippen LogP contribution in [0.1, 0.15) is 33.7 Å². The highest BCUT2D eigenvalue weighted by Crippen LogP contribution is 2.30. The summed E-state index contributed by atoms with van der Waals surface area (Å²) < 4.78 is 46.6. The summed E-state index contributed by atoms with van der Waals surface area (Å²) in [6, 6.07) is 15.2. The monoisotopic (exact) mass is 473 g/mol. The standard InChI is InChI=1S/C24H26F3N5O2/c1-34-21-8-3-2-6-17(21)14-30-23(33)20-12-22(24(25,26)27)31-32(20)19-7-4-5-16(11-19)13-29-18-9-10-28-15-18/h2-8,11-12,18,28-29H,9-10,13-15H2,1H3,(H,30,33). The summed E-state index contributed by atoms with van der Waals surface area (Å²) in [4.78, 5) is 12.9. The molecule has 0 spiro atoms. The van der Waals surface area contributed by atoms with Gasteiger partial charge in [-0.1, -0.05) is 30.3 Å². The van der Waals surface area contributed by atoms with E-state index in [0.29, 0.717) is 29.6 Å². The Hall–Kier alpha value is -3.37. The predicted molar refractivity (Wildman–Crippen MR) is 121 cm³/mol. The van der Waals surface area contributed by atoms with Crippen LogP contribution in [0, 0.1) is 0 Å². The molecule has 0 radical (unpaired) electrons. The van der Waals surface area contributed by atoms with Crippen LogP contribution < -0.4 is 20.7 Å². The number of nitrogens with zero attached hydrogens (tertiary/aromatic N) is 2.